The van der Waals surface area contributed by atoms with Gasteiger partial charge in [0.15, 0.2) is 5.82 Å². The highest BCUT2D eigenvalue weighted by molar-refractivity contribution is 6.21. The number of aromatic nitrogens is 2. The zero-order chi connectivity index (χ0) is 34.1. The van der Waals surface area contributed by atoms with Gasteiger partial charge in [-0.3, -0.25) is 0 Å². The first-order chi connectivity index (χ1) is 25.0. The van der Waals surface area contributed by atoms with Crippen LogP contribution in [0.2, 0.25) is 0 Å². The van der Waals surface area contributed by atoms with Crippen molar-refractivity contribution in [1.82, 2.24) is 9.97 Å². The molecule has 2 heteroatoms. The van der Waals surface area contributed by atoms with Crippen LogP contribution in [0, 0.1) is 0 Å². The normalized spacial score (nSPS) is 13.1. The second-order valence-electron chi connectivity index (χ2n) is 14.2. The standard InChI is InChI=1S/C49H34N2/c1-49(2)42-25-11-10-22-40(42)41-24-13-23-39(47(41)49)34-18-12-19-35(28-34)44-30-43(32-15-4-3-5-16-32)50-48(51-44)46-38-21-9-7-17-33(38)29-36-27-26-31-14-6-8-20-37(31)45(36)46/h3-30H,1-2H3. The van der Waals surface area contributed by atoms with Crippen molar-refractivity contribution in [2.75, 3.05) is 0 Å². The summed E-state index contributed by atoms with van der Waals surface area (Å²) in [5.74, 6) is 0.729. The van der Waals surface area contributed by atoms with E-state index in [1.165, 1.54) is 60.3 Å². The Hall–Kier alpha value is -6.38. The smallest absolute Gasteiger partial charge is 0.161 e. The predicted octanol–water partition coefficient (Wildman–Crippen LogP) is 12.9. The van der Waals surface area contributed by atoms with Gasteiger partial charge in [-0.25, -0.2) is 9.97 Å². The Balaban J connectivity index is 1.23. The van der Waals surface area contributed by atoms with Crippen molar-refractivity contribution in [1.29, 1.82) is 0 Å². The van der Waals surface area contributed by atoms with Crippen LogP contribution >= 0.6 is 0 Å². The third-order valence-electron chi connectivity index (χ3n) is 10.8. The summed E-state index contributed by atoms with van der Waals surface area (Å²) >= 11 is 0. The van der Waals surface area contributed by atoms with Crippen molar-refractivity contribution in [2.45, 2.75) is 19.3 Å². The molecule has 51 heavy (non-hydrogen) atoms. The van der Waals surface area contributed by atoms with Gasteiger partial charge in [-0.1, -0.05) is 166 Å². The van der Waals surface area contributed by atoms with Crippen LogP contribution in [0.4, 0.5) is 0 Å². The summed E-state index contributed by atoms with van der Waals surface area (Å²) in [5, 5.41) is 7.09. The molecule has 0 bridgehead atoms. The van der Waals surface area contributed by atoms with Gasteiger partial charge in [-0.05, 0) is 78.5 Å². The summed E-state index contributed by atoms with van der Waals surface area (Å²) in [4.78, 5) is 10.8. The lowest BCUT2D eigenvalue weighted by Gasteiger charge is -2.24. The molecule has 9 aromatic rings. The van der Waals surface area contributed by atoms with E-state index in [1.54, 1.807) is 0 Å². The maximum atomic E-state index is 5.46. The van der Waals surface area contributed by atoms with E-state index >= 15 is 0 Å². The Morgan fingerprint density at radius 1 is 0.412 bits per heavy atom. The van der Waals surface area contributed by atoms with Crippen molar-refractivity contribution in [3.05, 3.63) is 181 Å². The molecule has 8 aromatic carbocycles. The fourth-order valence-corrected chi connectivity index (χ4v) is 8.47. The van der Waals surface area contributed by atoms with Crippen molar-refractivity contribution in [3.63, 3.8) is 0 Å². The van der Waals surface area contributed by atoms with E-state index in [9.17, 15) is 0 Å². The lowest BCUT2D eigenvalue weighted by molar-refractivity contribution is 0.662. The molecule has 0 aliphatic heterocycles. The summed E-state index contributed by atoms with van der Waals surface area (Å²) in [6.45, 7) is 4.71. The molecule has 1 aliphatic carbocycles. The first-order valence-corrected chi connectivity index (χ1v) is 17.7. The highest BCUT2D eigenvalue weighted by Crippen LogP contribution is 2.52. The third-order valence-corrected chi connectivity index (χ3v) is 10.8. The number of benzene rings is 8. The quantitative estimate of drug-likeness (QED) is 0.140. The largest absolute Gasteiger partial charge is 0.228 e. The van der Waals surface area contributed by atoms with Gasteiger partial charge in [-0.15, -0.1) is 0 Å². The fourth-order valence-electron chi connectivity index (χ4n) is 8.47. The summed E-state index contributed by atoms with van der Waals surface area (Å²) in [7, 11) is 0. The van der Waals surface area contributed by atoms with Crippen molar-refractivity contribution in [2.24, 2.45) is 0 Å². The van der Waals surface area contributed by atoms with Crippen LogP contribution in [0.3, 0.4) is 0 Å². The molecule has 0 atom stereocenters. The molecule has 0 unspecified atom stereocenters. The summed E-state index contributed by atoms with van der Waals surface area (Å²) in [6.07, 6.45) is 0. The van der Waals surface area contributed by atoms with Gasteiger partial charge >= 0.3 is 0 Å². The molecule has 0 spiro atoms. The molecule has 0 N–H and O–H groups in total. The first-order valence-electron chi connectivity index (χ1n) is 17.7. The van der Waals surface area contributed by atoms with Crippen molar-refractivity contribution >= 4 is 32.3 Å². The molecule has 0 saturated heterocycles. The van der Waals surface area contributed by atoms with Gasteiger partial charge in [0.05, 0.1) is 11.4 Å². The molecule has 10 rings (SSSR count). The Labute approximate surface area is 297 Å². The maximum Gasteiger partial charge on any atom is 0.161 e. The fraction of sp³-hybridized carbons (Fsp3) is 0.0612. The number of fused-ring (bicyclic) bond motifs is 7. The molecule has 1 heterocycles. The highest BCUT2D eigenvalue weighted by atomic mass is 14.9. The Morgan fingerprint density at radius 2 is 1.02 bits per heavy atom. The molecule has 240 valence electrons. The minimum atomic E-state index is -0.112. The van der Waals surface area contributed by atoms with Crippen LogP contribution in [-0.4, -0.2) is 9.97 Å². The summed E-state index contributed by atoms with van der Waals surface area (Å²) in [6, 6.07) is 61.1. The predicted molar refractivity (Wildman–Crippen MR) is 214 cm³/mol. The highest BCUT2D eigenvalue weighted by Gasteiger charge is 2.37. The van der Waals surface area contributed by atoms with Gasteiger partial charge in [0, 0.05) is 27.5 Å². The topological polar surface area (TPSA) is 25.8 Å². The maximum absolute atomic E-state index is 5.46. The van der Waals surface area contributed by atoms with Crippen molar-refractivity contribution in [3.8, 4) is 56.2 Å². The molecular weight excluding hydrogens is 617 g/mol. The second kappa shape index (κ2) is 11.3. The Morgan fingerprint density at radius 3 is 1.88 bits per heavy atom. The average molecular weight is 651 g/mol. The lowest BCUT2D eigenvalue weighted by Crippen LogP contribution is -2.16. The second-order valence-corrected chi connectivity index (χ2v) is 14.2. The van der Waals surface area contributed by atoms with Gasteiger partial charge in [0.25, 0.3) is 0 Å². The zero-order valence-electron chi connectivity index (χ0n) is 28.6. The van der Waals surface area contributed by atoms with E-state index in [0.29, 0.717) is 0 Å². The van der Waals surface area contributed by atoms with Crippen LogP contribution in [0.15, 0.2) is 170 Å². The minimum Gasteiger partial charge on any atom is -0.228 e. The first kappa shape index (κ1) is 29.5. The number of hydrogen-bond acceptors (Lipinski definition) is 2. The number of nitrogens with zero attached hydrogens (tertiary/aromatic N) is 2. The SMILES string of the molecule is CC1(C)c2ccccc2-c2cccc(-c3cccc(-c4cc(-c5ccccc5)nc(-c5c6ccccc6cc6ccc7ccccc7c56)n4)c3)c21. The number of rotatable bonds is 4. The van der Waals surface area contributed by atoms with Crippen molar-refractivity contribution < 1.29 is 0 Å². The zero-order valence-corrected chi connectivity index (χ0v) is 28.6. The van der Waals surface area contributed by atoms with Gasteiger partial charge < -0.3 is 0 Å². The third kappa shape index (κ3) is 4.64. The van der Waals surface area contributed by atoms with Gasteiger partial charge in [0.2, 0.25) is 0 Å². The molecule has 2 nitrogen and oxygen atoms in total. The van der Waals surface area contributed by atoms with Crippen LogP contribution in [-0.2, 0) is 5.41 Å². The van der Waals surface area contributed by atoms with Gasteiger partial charge in [-0.2, -0.15) is 0 Å². The molecule has 0 radical (unpaired) electrons. The van der Waals surface area contributed by atoms with Crippen LogP contribution in [0.25, 0.3) is 88.5 Å². The summed E-state index contributed by atoms with van der Waals surface area (Å²) < 4.78 is 0. The monoisotopic (exact) mass is 650 g/mol. The van der Waals surface area contributed by atoms with E-state index in [2.05, 4.69) is 184 Å². The molecule has 0 amide bonds. The van der Waals surface area contributed by atoms with E-state index in [0.717, 1.165) is 39.3 Å². The van der Waals surface area contributed by atoms with Gasteiger partial charge in [0.1, 0.15) is 0 Å². The average Bonchev–Trinajstić information content (AvgIpc) is 3.43. The lowest BCUT2D eigenvalue weighted by atomic mass is 9.78. The molecule has 1 aromatic heterocycles. The minimum absolute atomic E-state index is 0.112. The Kier molecular flexibility index (Phi) is 6.56. The van der Waals surface area contributed by atoms with E-state index in [1.807, 2.05) is 0 Å². The molecule has 0 saturated carbocycles. The van der Waals surface area contributed by atoms with Crippen LogP contribution in [0.1, 0.15) is 25.0 Å². The van der Waals surface area contributed by atoms with E-state index in [-0.39, 0.29) is 5.41 Å². The van der Waals surface area contributed by atoms with E-state index < -0.39 is 0 Å². The van der Waals surface area contributed by atoms with E-state index in [4.69, 9.17) is 9.97 Å². The molecular formula is C49H34N2. The van der Waals surface area contributed by atoms with Crippen LogP contribution < -0.4 is 0 Å². The summed E-state index contributed by atoms with van der Waals surface area (Å²) in [5.41, 5.74) is 12.8. The Bertz CT molecular complexity index is 2830. The molecule has 0 fully saturated rings. The molecule has 1 aliphatic rings. The van der Waals surface area contributed by atoms with Crippen LogP contribution in [0.5, 0.6) is 0 Å². The number of hydrogen-bond donors (Lipinski definition) is 0.